The smallest absolute Gasteiger partial charge is 0.326 e. The van der Waals surface area contributed by atoms with E-state index in [9.17, 15) is 24.3 Å². The van der Waals surface area contributed by atoms with E-state index in [-0.39, 0.29) is 30.2 Å². The lowest BCUT2D eigenvalue weighted by Crippen LogP contribution is -2.58. The van der Waals surface area contributed by atoms with E-state index in [1.54, 1.807) is 13.8 Å². The van der Waals surface area contributed by atoms with Crippen LogP contribution in [0.1, 0.15) is 66.2 Å². The average molecular weight is 456 g/mol. The number of amides is 3. The first kappa shape index (κ1) is 27.8. The Hall–Kier alpha value is -2.20. The van der Waals surface area contributed by atoms with Crippen molar-refractivity contribution in [3.8, 4) is 0 Å². The Morgan fingerprint density at radius 3 is 2.19 bits per heavy atom. The molecular weight excluding hydrogens is 414 g/mol. The fourth-order valence-electron chi connectivity index (χ4n) is 3.69. The van der Waals surface area contributed by atoms with Gasteiger partial charge in [0.15, 0.2) is 0 Å². The van der Waals surface area contributed by atoms with Crippen molar-refractivity contribution in [3.05, 3.63) is 0 Å². The average Bonchev–Trinajstić information content (AvgIpc) is 3.24. The van der Waals surface area contributed by atoms with Crippen LogP contribution in [0.2, 0.25) is 0 Å². The first-order chi connectivity index (χ1) is 15.1. The number of carboxylic acids is 1. The Morgan fingerprint density at radius 1 is 1.00 bits per heavy atom. The van der Waals surface area contributed by atoms with Gasteiger partial charge in [0.05, 0.1) is 6.04 Å². The fourth-order valence-corrected chi connectivity index (χ4v) is 3.69. The monoisotopic (exact) mass is 455 g/mol. The summed E-state index contributed by atoms with van der Waals surface area (Å²) in [6, 6.07) is -3.07. The number of unbranched alkanes of at least 4 members (excludes halogenated alkanes) is 1. The van der Waals surface area contributed by atoms with Crippen molar-refractivity contribution in [1.82, 2.24) is 21.3 Å². The molecule has 4 unspecified atom stereocenters. The molecule has 1 rings (SSSR count). The first-order valence-corrected chi connectivity index (χ1v) is 11.6. The van der Waals surface area contributed by atoms with E-state index in [0.717, 1.165) is 13.0 Å². The summed E-state index contributed by atoms with van der Waals surface area (Å²) in [6.45, 7) is 8.53. The van der Waals surface area contributed by atoms with Gasteiger partial charge >= 0.3 is 5.97 Å². The van der Waals surface area contributed by atoms with Crippen molar-refractivity contribution in [3.63, 3.8) is 0 Å². The van der Waals surface area contributed by atoms with Gasteiger partial charge in [0, 0.05) is 0 Å². The number of rotatable bonds is 14. The highest BCUT2D eigenvalue weighted by Gasteiger charge is 2.32. The van der Waals surface area contributed by atoms with Crippen molar-refractivity contribution in [2.24, 2.45) is 17.6 Å². The lowest BCUT2D eigenvalue weighted by molar-refractivity contribution is -0.143. The third-order valence-electron chi connectivity index (χ3n) is 5.53. The zero-order valence-electron chi connectivity index (χ0n) is 19.8. The van der Waals surface area contributed by atoms with Gasteiger partial charge in [-0.1, -0.05) is 27.7 Å². The van der Waals surface area contributed by atoms with Crippen molar-refractivity contribution >= 4 is 23.7 Å². The van der Waals surface area contributed by atoms with E-state index in [1.807, 2.05) is 13.8 Å². The van der Waals surface area contributed by atoms with Gasteiger partial charge in [-0.25, -0.2) is 4.79 Å². The Bertz CT molecular complexity index is 634. The number of hydrogen-bond acceptors (Lipinski definition) is 6. The second kappa shape index (κ2) is 14.1. The molecule has 10 nitrogen and oxygen atoms in total. The fraction of sp³-hybridized carbons (Fsp3) is 0.818. The number of aliphatic carboxylic acids is 1. The minimum absolute atomic E-state index is 0.0785. The van der Waals surface area contributed by atoms with Crippen LogP contribution < -0.4 is 27.0 Å². The molecule has 0 spiro atoms. The largest absolute Gasteiger partial charge is 0.480 e. The molecule has 0 aromatic rings. The van der Waals surface area contributed by atoms with Gasteiger partial charge in [0.1, 0.15) is 18.1 Å². The molecule has 1 heterocycles. The van der Waals surface area contributed by atoms with Gasteiger partial charge in [-0.3, -0.25) is 14.4 Å². The quantitative estimate of drug-likeness (QED) is 0.202. The standard InChI is InChI=1S/C22H41N5O5/c1-13(2)12-17(22(31)32)26-21(30)18(14(3)4)27-20(29)16(8-5-6-10-23)25-19(28)15-9-7-11-24-15/h13-18,24H,5-12,23H2,1-4H3,(H,25,28)(H,26,30)(H,27,29)(H,31,32). The number of nitrogens with two attached hydrogens (primary N) is 1. The van der Waals surface area contributed by atoms with Gasteiger partial charge in [-0.05, 0) is 63.5 Å². The third-order valence-corrected chi connectivity index (χ3v) is 5.53. The van der Waals surface area contributed by atoms with Crippen molar-refractivity contribution in [2.45, 2.75) is 90.4 Å². The second-order valence-electron chi connectivity index (χ2n) is 9.25. The molecule has 1 aliphatic heterocycles. The van der Waals surface area contributed by atoms with E-state index in [1.165, 1.54) is 0 Å². The van der Waals surface area contributed by atoms with Crippen LogP contribution in [0.3, 0.4) is 0 Å². The number of carbonyl (C=O) groups excluding carboxylic acids is 3. The van der Waals surface area contributed by atoms with Crippen molar-refractivity contribution < 1.29 is 24.3 Å². The van der Waals surface area contributed by atoms with Gasteiger partial charge < -0.3 is 32.1 Å². The first-order valence-electron chi connectivity index (χ1n) is 11.6. The molecule has 1 fully saturated rings. The summed E-state index contributed by atoms with van der Waals surface area (Å²) in [6.07, 6.45) is 3.67. The molecule has 1 aliphatic rings. The molecule has 0 radical (unpaired) electrons. The lowest BCUT2D eigenvalue weighted by atomic mass is 9.99. The zero-order valence-corrected chi connectivity index (χ0v) is 19.8. The van der Waals surface area contributed by atoms with Crippen LogP contribution in [0.5, 0.6) is 0 Å². The van der Waals surface area contributed by atoms with Crippen LogP contribution in [-0.2, 0) is 19.2 Å². The van der Waals surface area contributed by atoms with Crippen molar-refractivity contribution in [1.29, 1.82) is 0 Å². The van der Waals surface area contributed by atoms with Crippen molar-refractivity contribution in [2.75, 3.05) is 13.1 Å². The SMILES string of the molecule is CC(C)CC(NC(=O)C(NC(=O)C(CCCCN)NC(=O)C1CCCN1)C(C)C)C(=O)O. The van der Waals surface area contributed by atoms with E-state index in [0.29, 0.717) is 32.2 Å². The lowest BCUT2D eigenvalue weighted by Gasteiger charge is -2.27. The molecule has 3 amide bonds. The highest BCUT2D eigenvalue weighted by atomic mass is 16.4. The van der Waals surface area contributed by atoms with Crippen LogP contribution in [0.4, 0.5) is 0 Å². The second-order valence-corrected chi connectivity index (χ2v) is 9.25. The molecule has 1 saturated heterocycles. The summed E-state index contributed by atoms with van der Waals surface area (Å²) in [5, 5.41) is 20.6. The van der Waals surface area contributed by atoms with E-state index in [4.69, 9.17) is 5.73 Å². The summed E-state index contributed by atoms with van der Waals surface area (Å²) >= 11 is 0. The van der Waals surface area contributed by atoms with Gasteiger partial charge in [0.25, 0.3) is 0 Å². The molecule has 184 valence electrons. The molecular formula is C22H41N5O5. The zero-order chi connectivity index (χ0) is 24.3. The van der Waals surface area contributed by atoms with Gasteiger partial charge in [0.2, 0.25) is 17.7 Å². The van der Waals surface area contributed by atoms with Crippen LogP contribution in [-0.4, -0.2) is 66.1 Å². The molecule has 0 aliphatic carbocycles. The van der Waals surface area contributed by atoms with Crippen LogP contribution in [0.15, 0.2) is 0 Å². The molecule has 0 bridgehead atoms. The molecule has 0 aromatic heterocycles. The topological polar surface area (TPSA) is 163 Å². The number of carbonyl (C=O) groups is 4. The summed E-state index contributed by atoms with van der Waals surface area (Å²) in [5.74, 6) is -2.55. The third kappa shape index (κ3) is 9.52. The highest BCUT2D eigenvalue weighted by Crippen LogP contribution is 2.10. The van der Waals surface area contributed by atoms with Gasteiger partial charge in [-0.2, -0.15) is 0 Å². The molecule has 4 atom stereocenters. The Labute approximate surface area is 190 Å². The summed E-state index contributed by atoms with van der Waals surface area (Å²) in [4.78, 5) is 49.9. The van der Waals surface area contributed by atoms with Crippen LogP contribution >= 0.6 is 0 Å². The maximum Gasteiger partial charge on any atom is 0.326 e. The summed E-state index contributed by atoms with van der Waals surface area (Å²) in [7, 11) is 0. The van der Waals surface area contributed by atoms with Crippen LogP contribution in [0, 0.1) is 11.8 Å². The van der Waals surface area contributed by atoms with E-state index < -0.39 is 35.9 Å². The Morgan fingerprint density at radius 2 is 1.69 bits per heavy atom. The Balaban J connectivity index is 2.86. The molecule has 0 saturated carbocycles. The highest BCUT2D eigenvalue weighted by molar-refractivity contribution is 5.94. The number of carboxylic acid groups (broad SMARTS) is 1. The normalized spacial score (nSPS) is 18.8. The predicted molar refractivity (Wildman–Crippen MR) is 122 cm³/mol. The minimum atomic E-state index is -1.11. The molecule has 7 N–H and O–H groups in total. The maximum absolute atomic E-state index is 13.0. The molecule has 0 aromatic carbocycles. The maximum atomic E-state index is 13.0. The predicted octanol–water partition coefficient (Wildman–Crippen LogP) is 0.109. The summed E-state index contributed by atoms with van der Waals surface area (Å²) < 4.78 is 0. The number of hydrogen-bond donors (Lipinski definition) is 6. The minimum Gasteiger partial charge on any atom is -0.480 e. The van der Waals surface area contributed by atoms with E-state index >= 15 is 0 Å². The number of nitrogens with one attached hydrogen (secondary N) is 4. The van der Waals surface area contributed by atoms with Gasteiger partial charge in [-0.15, -0.1) is 0 Å². The Kier molecular flexibility index (Phi) is 12.2. The summed E-state index contributed by atoms with van der Waals surface area (Å²) in [5.41, 5.74) is 5.56. The van der Waals surface area contributed by atoms with Crippen LogP contribution in [0.25, 0.3) is 0 Å². The molecule has 10 heteroatoms. The van der Waals surface area contributed by atoms with E-state index in [2.05, 4.69) is 21.3 Å². The molecule has 32 heavy (non-hydrogen) atoms.